The average Bonchev–Trinajstić information content (AvgIpc) is 3.11. The summed E-state index contributed by atoms with van der Waals surface area (Å²) < 4.78 is 1.82. The largest absolute Gasteiger partial charge is 0.348 e. The Morgan fingerprint density at radius 1 is 1.10 bits per heavy atom. The van der Waals surface area contributed by atoms with Crippen molar-refractivity contribution in [1.29, 1.82) is 0 Å². The summed E-state index contributed by atoms with van der Waals surface area (Å²) in [5.41, 5.74) is 6.06. The van der Waals surface area contributed by atoms with Crippen LogP contribution < -0.4 is 5.32 Å². The fourth-order valence-electron chi connectivity index (χ4n) is 3.26. The summed E-state index contributed by atoms with van der Waals surface area (Å²) in [4.78, 5) is 13.2. The third kappa shape index (κ3) is 4.66. The zero-order chi connectivity index (χ0) is 21.5. The van der Waals surface area contributed by atoms with Crippen molar-refractivity contribution < 1.29 is 4.79 Å². The maximum absolute atomic E-state index is 13.2. The molecule has 0 fully saturated rings. The second-order valence-corrected chi connectivity index (χ2v) is 7.06. The molecule has 0 saturated carbocycles. The van der Waals surface area contributed by atoms with Crippen molar-refractivity contribution in [1.82, 2.24) is 15.1 Å². The molecule has 0 spiro atoms. The summed E-state index contributed by atoms with van der Waals surface area (Å²) in [6.45, 7) is 10.1. The molecule has 3 rings (SSSR count). The Morgan fingerprint density at radius 3 is 2.43 bits per heavy atom. The molecule has 30 heavy (non-hydrogen) atoms. The zero-order valence-corrected chi connectivity index (χ0v) is 17.7. The predicted octanol–water partition coefficient (Wildman–Crippen LogP) is 5.56. The number of carbonyl (C=O) groups excluding carboxylic acids is 1. The summed E-state index contributed by atoms with van der Waals surface area (Å²) in [7, 11) is 0. The molecule has 1 N–H and O–H groups in total. The van der Waals surface area contributed by atoms with Crippen molar-refractivity contribution in [3.63, 3.8) is 0 Å². The van der Waals surface area contributed by atoms with E-state index in [2.05, 4.69) is 11.9 Å². The van der Waals surface area contributed by atoms with Gasteiger partial charge in [-0.1, -0.05) is 78.9 Å². The lowest BCUT2D eigenvalue weighted by molar-refractivity contribution is 0.0950. The van der Waals surface area contributed by atoms with Crippen molar-refractivity contribution in [2.24, 2.45) is 0 Å². The number of amides is 1. The first kappa shape index (κ1) is 21.1. The van der Waals surface area contributed by atoms with Crippen LogP contribution in [0, 0.1) is 13.8 Å². The van der Waals surface area contributed by atoms with Crippen LogP contribution in [0.25, 0.3) is 11.3 Å². The first-order valence-corrected chi connectivity index (χ1v) is 9.99. The standard InChI is InChI=1S/C26H27N3O/c1-5-7-11-22(6-2)25-24(20(4)29(28-25)23-12-9-8-10-13-23)26(30)27-18-21-16-14-19(3)15-17-21/h5-17H,1,18H2,2-4H3,(H,27,30)/b11-7-,22-6+. The van der Waals surface area contributed by atoms with E-state index >= 15 is 0 Å². The summed E-state index contributed by atoms with van der Waals surface area (Å²) in [6.07, 6.45) is 7.43. The highest BCUT2D eigenvalue weighted by Gasteiger charge is 2.23. The lowest BCUT2D eigenvalue weighted by Crippen LogP contribution is -2.24. The number of carbonyl (C=O) groups is 1. The van der Waals surface area contributed by atoms with Gasteiger partial charge in [-0.2, -0.15) is 5.10 Å². The SMILES string of the molecule is C=C/C=C\C(=C/C)c1nn(-c2ccccc2)c(C)c1C(=O)NCc1ccc(C)cc1. The van der Waals surface area contributed by atoms with Crippen LogP contribution in [0.3, 0.4) is 0 Å². The minimum absolute atomic E-state index is 0.142. The van der Waals surface area contributed by atoms with Gasteiger partial charge in [0.25, 0.3) is 5.91 Å². The number of aromatic nitrogens is 2. The van der Waals surface area contributed by atoms with E-state index in [0.717, 1.165) is 22.5 Å². The van der Waals surface area contributed by atoms with Crippen molar-refractivity contribution in [3.8, 4) is 5.69 Å². The van der Waals surface area contributed by atoms with Crippen LogP contribution in [0.1, 0.15) is 39.8 Å². The number of hydrogen-bond acceptors (Lipinski definition) is 2. The van der Waals surface area contributed by atoms with E-state index in [0.29, 0.717) is 17.8 Å². The molecule has 4 heteroatoms. The Balaban J connectivity index is 2.00. The number of benzene rings is 2. The lowest BCUT2D eigenvalue weighted by Gasteiger charge is -2.08. The van der Waals surface area contributed by atoms with Crippen molar-refractivity contribution in [2.45, 2.75) is 27.3 Å². The maximum Gasteiger partial charge on any atom is 0.255 e. The Bertz CT molecular complexity index is 1090. The number of aryl methyl sites for hydroxylation is 1. The summed E-state index contributed by atoms with van der Waals surface area (Å²) in [5.74, 6) is -0.142. The molecule has 0 aliphatic carbocycles. The van der Waals surface area contributed by atoms with Gasteiger partial charge >= 0.3 is 0 Å². The molecule has 0 saturated heterocycles. The molecule has 0 unspecified atom stereocenters. The number of para-hydroxylation sites is 1. The fourth-order valence-corrected chi connectivity index (χ4v) is 3.26. The molecule has 1 aromatic heterocycles. The second kappa shape index (κ2) is 9.70. The predicted molar refractivity (Wildman–Crippen MR) is 124 cm³/mol. The molecular formula is C26H27N3O. The second-order valence-electron chi connectivity index (χ2n) is 7.06. The van der Waals surface area contributed by atoms with E-state index in [9.17, 15) is 4.79 Å². The molecule has 0 atom stereocenters. The minimum Gasteiger partial charge on any atom is -0.348 e. The third-order valence-corrected chi connectivity index (χ3v) is 4.91. The normalized spacial score (nSPS) is 11.6. The number of nitrogens with zero attached hydrogens (tertiary/aromatic N) is 2. The van der Waals surface area contributed by atoms with Gasteiger partial charge in [-0.25, -0.2) is 4.68 Å². The van der Waals surface area contributed by atoms with Gasteiger partial charge in [-0.05, 0) is 44.0 Å². The average molecular weight is 398 g/mol. The van der Waals surface area contributed by atoms with Gasteiger partial charge < -0.3 is 5.32 Å². The van der Waals surface area contributed by atoms with Crippen LogP contribution in [-0.4, -0.2) is 15.7 Å². The fraction of sp³-hybridized carbons (Fsp3) is 0.154. The smallest absolute Gasteiger partial charge is 0.255 e. The van der Waals surface area contributed by atoms with Gasteiger partial charge in [0.1, 0.15) is 5.69 Å². The van der Waals surface area contributed by atoms with Crippen molar-refractivity contribution in [2.75, 3.05) is 0 Å². The van der Waals surface area contributed by atoms with Crippen LogP contribution in [0.5, 0.6) is 0 Å². The molecule has 1 amide bonds. The zero-order valence-electron chi connectivity index (χ0n) is 17.7. The molecule has 0 aliphatic heterocycles. The van der Waals surface area contributed by atoms with E-state index in [1.165, 1.54) is 5.56 Å². The molecule has 2 aromatic carbocycles. The Labute approximate surface area is 178 Å². The molecule has 4 nitrogen and oxygen atoms in total. The van der Waals surface area contributed by atoms with Crippen molar-refractivity contribution >= 4 is 11.5 Å². The Kier molecular flexibility index (Phi) is 6.81. The molecule has 3 aromatic rings. The van der Waals surface area contributed by atoms with Gasteiger partial charge in [-0.15, -0.1) is 0 Å². The van der Waals surface area contributed by atoms with Gasteiger partial charge in [0.2, 0.25) is 0 Å². The topological polar surface area (TPSA) is 46.9 Å². The molecule has 1 heterocycles. The van der Waals surface area contributed by atoms with E-state index in [-0.39, 0.29) is 5.91 Å². The molecule has 0 aliphatic rings. The van der Waals surface area contributed by atoms with Crippen LogP contribution in [-0.2, 0) is 6.54 Å². The molecule has 0 bridgehead atoms. The van der Waals surface area contributed by atoms with Crippen molar-refractivity contribution in [3.05, 3.63) is 114 Å². The quantitative estimate of drug-likeness (QED) is 0.530. The van der Waals surface area contributed by atoms with Crippen LogP contribution >= 0.6 is 0 Å². The summed E-state index contributed by atoms with van der Waals surface area (Å²) in [5, 5.41) is 7.85. The minimum atomic E-state index is -0.142. The van der Waals surface area contributed by atoms with Gasteiger partial charge in [-0.3, -0.25) is 4.79 Å². The molecule has 152 valence electrons. The highest BCUT2D eigenvalue weighted by Crippen LogP contribution is 2.25. The Hall–Kier alpha value is -3.66. The monoisotopic (exact) mass is 397 g/mol. The van der Waals surface area contributed by atoms with E-state index < -0.39 is 0 Å². The van der Waals surface area contributed by atoms with E-state index in [1.807, 2.05) is 98.3 Å². The summed E-state index contributed by atoms with van der Waals surface area (Å²) in [6, 6.07) is 18.0. The highest BCUT2D eigenvalue weighted by atomic mass is 16.1. The number of allylic oxidation sites excluding steroid dienone is 5. The first-order valence-electron chi connectivity index (χ1n) is 9.99. The van der Waals surface area contributed by atoms with Gasteiger partial charge in [0, 0.05) is 6.54 Å². The van der Waals surface area contributed by atoms with Crippen LogP contribution in [0.15, 0.2) is 85.5 Å². The maximum atomic E-state index is 13.2. The molecule has 0 radical (unpaired) electrons. The number of rotatable bonds is 7. The first-order chi connectivity index (χ1) is 14.5. The van der Waals surface area contributed by atoms with Gasteiger partial charge in [0.15, 0.2) is 0 Å². The van der Waals surface area contributed by atoms with E-state index in [1.54, 1.807) is 6.08 Å². The number of nitrogens with one attached hydrogen (secondary N) is 1. The van der Waals surface area contributed by atoms with Crippen LogP contribution in [0.2, 0.25) is 0 Å². The van der Waals surface area contributed by atoms with Gasteiger partial charge in [0.05, 0.1) is 16.9 Å². The van der Waals surface area contributed by atoms with E-state index in [4.69, 9.17) is 5.10 Å². The lowest BCUT2D eigenvalue weighted by atomic mass is 10.0. The number of hydrogen-bond donors (Lipinski definition) is 1. The summed E-state index contributed by atoms with van der Waals surface area (Å²) >= 11 is 0. The van der Waals surface area contributed by atoms with Crippen LogP contribution in [0.4, 0.5) is 0 Å². The Morgan fingerprint density at radius 2 is 1.80 bits per heavy atom. The third-order valence-electron chi connectivity index (χ3n) is 4.91. The molecular weight excluding hydrogens is 370 g/mol. The highest BCUT2D eigenvalue weighted by molar-refractivity contribution is 6.00.